The number of hydrogen-bond donors (Lipinski definition) is 1. The molecular formula is C23H24FNO5. The number of ether oxygens (including phenoxy) is 2. The fourth-order valence-corrected chi connectivity index (χ4v) is 3.84. The second-order valence-electron chi connectivity index (χ2n) is 7.15. The summed E-state index contributed by atoms with van der Waals surface area (Å²) in [6, 6.07) is 12.9. The van der Waals surface area contributed by atoms with Crippen LogP contribution in [0.3, 0.4) is 0 Å². The lowest BCUT2D eigenvalue weighted by Gasteiger charge is -2.37. The zero-order chi connectivity index (χ0) is 21.7. The van der Waals surface area contributed by atoms with Crippen molar-refractivity contribution in [3.63, 3.8) is 0 Å². The topological polar surface area (TPSA) is 81.7 Å². The summed E-state index contributed by atoms with van der Waals surface area (Å²) in [5.74, 6) is -3.30. The molecule has 0 spiro atoms. The molecule has 0 saturated heterocycles. The van der Waals surface area contributed by atoms with E-state index in [9.17, 15) is 18.8 Å². The van der Waals surface area contributed by atoms with Crippen LogP contribution in [-0.4, -0.2) is 31.1 Å². The smallest absolute Gasteiger partial charge is 0.323 e. The molecule has 0 radical (unpaired) electrons. The highest BCUT2D eigenvalue weighted by atomic mass is 19.1. The maximum atomic E-state index is 14.0. The first-order valence-corrected chi connectivity index (χ1v) is 9.90. The normalized spacial score (nSPS) is 16.8. The summed E-state index contributed by atoms with van der Waals surface area (Å²) < 4.78 is 24.3. The number of anilines is 1. The van der Waals surface area contributed by atoms with Crippen LogP contribution in [0.5, 0.6) is 0 Å². The third-order valence-electron chi connectivity index (χ3n) is 5.22. The Morgan fingerprint density at radius 2 is 1.67 bits per heavy atom. The van der Waals surface area contributed by atoms with Gasteiger partial charge in [-0.1, -0.05) is 24.3 Å². The standard InChI is InChI=1S/C23H24FNO5/c1-3-29-21(27)23(22(28)30-4-2)13-15-12-16(24)10-11-18(15)19(14-23)20(26)25-17-8-6-5-7-9-17/h5-12,19H,3-4,13-14H2,1-2H3,(H,25,26). The number of hydrogen-bond acceptors (Lipinski definition) is 5. The third-order valence-corrected chi connectivity index (χ3v) is 5.22. The van der Waals surface area contributed by atoms with Gasteiger partial charge < -0.3 is 14.8 Å². The van der Waals surface area contributed by atoms with Crippen molar-refractivity contribution in [2.45, 2.75) is 32.6 Å². The first-order valence-electron chi connectivity index (χ1n) is 9.90. The van der Waals surface area contributed by atoms with E-state index in [0.29, 0.717) is 16.8 Å². The molecule has 2 aromatic carbocycles. The lowest BCUT2D eigenvalue weighted by molar-refractivity contribution is -0.173. The molecule has 6 nitrogen and oxygen atoms in total. The highest BCUT2D eigenvalue weighted by Crippen LogP contribution is 2.45. The van der Waals surface area contributed by atoms with E-state index >= 15 is 0 Å². The number of fused-ring (bicyclic) bond motifs is 1. The number of carbonyl (C=O) groups excluding carboxylic acids is 3. The second kappa shape index (κ2) is 9.07. The molecular weight excluding hydrogens is 389 g/mol. The first-order chi connectivity index (χ1) is 14.4. The minimum atomic E-state index is -1.72. The molecule has 158 valence electrons. The Morgan fingerprint density at radius 1 is 1.03 bits per heavy atom. The van der Waals surface area contributed by atoms with Crippen LogP contribution in [0.2, 0.25) is 0 Å². The first kappa shape index (κ1) is 21.5. The molecule has 0 fully saturated rings. The SMILES string of the molecule is CCOC(=O)C1(C(=O)OCC)Cc2cc(F)ccc2C(C(=O)Nc2ccccc2)C1. The molecule has 7 heteroatoms. The van der Waals surface area contributed by atoms with Crippen molar-refractivity contribution in [2.24, 2.45) is 5.41 Å². The molecule has 1 aliphatic carbocycles. The van der Waals surface area contributed by atoms with Crippen LogP contribution >= 0.6 is 0 Å². The summed E-state index contributed by atoms with van der Waals surface area (Å²) in [4.78, 5) is 39.0. The molecule has 2 aromatic rings. The van der Waals surface area contributed by atoms with Crippen LogP contribution in [0, 0.1) is 11.2 Å². The number of benzene rings is 2. The Kier molecular flexibility index (Phi) is 6.50. The summed E-state index contributed by atoms with van der Waals surface area (Å²) in [6.45, 7) is 3.40. The van der Waals surface area contributed by atoms with Crippen molar-refractivity contribution in [3.05, 3.63) is 65.5 Å². The van der Waals surface area contributed by atoms with Gasteiger partial charge in [0.05, 0.1) is 19.1 Å². The number of nitrogens with one attached hydrogen (secondary N) is 1. The van der Waals surface area contributed by atoms with E-state index in [4.69, 9.17) is 9.47 Å². The van der Waals surface area contributed by atoms with Crippen molar-refractivity contribution in [1.29, 1.82) is 0 Å². The molecule has 0 heterocycles. The molecule has 3 rings (SSSR count). The number of para-hydroxylation sites is 1. The third kappa shape index (κ3) is 4.20. The molecule has 0 aromatic heterocycles. The van der Waals surface area contributed by atoms with Gasteiger partial charge in [0.15, 0.2) is 5.41 Å². The minimum Gasteiger partial charge on any atom is -0.465 e. The zero-order valence-corrected chi connectivity index (χ0v) is 16.9. The van der Waals surface area contributed by atoms with Gasteiger partial charge in [0.2, 0.25) is 5.91 Å². The average molecular weight is 413 g/mol. The van der Waals surface area contributed by atoms with Gasteiger partial charge in [-0.15, -0.1) is 0 Å². The van der Waals surface area contributed by atoms with Gasteiger partial charge in [-0.25, -0.2) is 4.39 Å². The van der Waals surface area contributed by atoms with Crippen molar-refractivity contribution in [3.8, 4) is 0 Å². The Morgan fingerprint density at radius 3 is 2.27 bits per heavy atom. The minimum absolute atomic E-state index is 0.0663. The van der Waals surface area contributed by atoms with Gasteiger partial charge in [-0.2, -0.15) is 0 Å². The lowest BCUT2D eigenvalue weighted by atomic mass is 9.66. The molecule has 0 bridgehead atoms. The summed E-state index contributed by atoms with van der Waals surface area (Å²) >= 11 is 0. The van der Waals surface area contributed by atoms with Crippen LogP contribution in [0.1, 0.15) is 37.3 Å². The van der Waals surface area contributed by atoms with E-state index in [1.807, 2.05) is 6.07 Å². The highest BCUT2D eigenvalue weighted by Gasteiger charge is 2.54. The van der Waals surface area contributed by atoms with Gasteiger partial charge in [0, 0.05) is 5.69 Å². The largest absolute Gasteiger partial charge is 0.465 e. The quantitative estimate of drug-likeness (QED) is 0.578. The number of amides is 1. The van der Waals surface area contributed by atoms with Crippen LogP contribution in [0.15, 0.2) is 48.5 Å². The molecule has 1 unspecified atom stereocenters. The molecule has 0 aliphatic heterocycles. The Labute approximate surface area is 174 Å². The maximum Gasteiger partial charge on any atom is 0.323 e. The monoisotopic (exact) mass is 413 g/mol. The summed E-state index contributed by atoms with van der Waals surface area (Å²) in [5, 5.41) is 2.81. The fraction of sp³-hybridized carbons (Fsp3) is 0.348. The Hall–Kier alpha value is -3.22. The van der Waals surface area contributed by atoms with Crippen molar-refractivity contribution < 1.29 is 28.2 Å². The van der Waals surface area contributed by atoms with E-state index in [0.717, 1.165) is 0 Å². The van der Waals surface area contributed by atoms with Gasteiger partial charge >= 0.3 is 11.9 Å². The second-order valence-corrected chi connectivity index (χ2v) is 7.15. The number of carbonyl (C=O) groups is 3. The van der Waals surface area contributed by atoms with E-state index in [1.165, 1.54) is 18.2 Å². The van der Waals surface area contributed by atoms with Crippen LogP contribution in [-0.2, 0) is 30.3 Å². The zero-order valence-electron chi connectivity index (χ0n) is 16.9. The van der Waals surface area contributed by atoms with Crippen LogP contribution in [0.4, 0.5) is 10.1 Å². The number of esters is 2. The summed E-state index contributed by atoms with van der Waals surface area (Å²) in [6.07, 6.45) is -0.213. The van der Waals surface area contributed by atoms with Crippen LogP contribution in [0.25, 0.3) is 0 Å². The highest BCUT2D eigenvalue weighted by molar-refractivity contribution is 6.03. The molecule has 1 N–H and O–H groups in total. The molecule has 0 saturated carbocycles. The van der Waals surface area contributed by atoms with Gasteiger partial charge in [0.1, 0.15) is 5.82 Å². The molecule has 1 atom stereocenters. The van der Waals surface area contributed by atoms with E-state index in [-0.39, 0.29) is 26.1 Å². The van der Waals surface area contributed by atoms with Gasteiger partial charge in [-0.05, 0) is 62.1 Å². The maximum absolute atomic E-state index is 14.0. The van der Waals surface area contributed by atoms with Gasteiger partial charge in [-0.3, -0.25) is 14.4 Å². The van der Waals surface area contributed by atoms with E-state index in [2.05, 4.69) is 5.32 Å². The number of halogens is 1. The lowest BCUT2D eigenvalue weighted by Crippen LogP contribution is -2.48. The van der Waals surface area contributed by atoms with Crippen LogP contribution < -0.4 is 5.32 Å². The number of rotatable bonds is 6. The predicted octanol–water partition coefficient (Wildman–Crippen LogP) is 3.61. The average Bonchev–Trinajstić information content (AvgIpc) is 2.73. The van der Waals surface area contributed by atoms with E-state index in [1.54, 1.807) is 38.1 Å². The Bertz CT molecular complexity index is 926. The van der Waals surface area contributed by atoms with Gasteiger partial charge in [0.25, 0.3) is 0 Å². The van der Waals surface area contributed by atoms with Crippen molar-refractivity contribution in [2.75, 3.05) is 18.5 Å². The summed E-state index contributed by atoms with van der Waals surface area (Å²) in [7, 11) is 0. The van der Waals surface area contributed by atoms with Crippen molar-refractivity contribution >= 4 is 23.5 Å². The molecule has 1 amide bonds. The predicted molar refractivity (Wildman–Crippen MR) is 108 cm³/mol. The fourth-order valence-electron chi connectivity index (χ4n) is 3.84. The molecule has 1 aliphatic rings. The molecule has 30 heavy (non-hydrogen) atoms. The van der Waals surface area contributed by atoms with E-state index < -0.39 is 35.0 Å². The van der Waals surface area contributed by atoms with Crippen molar-refractivity contribution in [1.82, 2.24) is 0 Å². The summed E-state index contributed by atoms with van der Waals surface area (Å²) in [5.41, 5.74) is -0.148. The Balaban J connectivity index is 2.06.